The summed E-state index contributed by atoms with van der Waals surface area (Å²) in [7, 11) is 0. The zero-order chi connectivity index (χ0) is 21.0. The van der Waals surface area contributed by atoms with Gasteiger partial charge < -0.3 is 10.1 Å². The fraction of sp³-hybridized carbons (Fsp3) is 0.308. The van der Waals surface area contributed by atoms with Crippen LogP contribution in [0.2, 0.25) is 0 Å². The molecular weight excluding hydrogens is 374 g/mol. The first-order valence-corrected chi connectivity index (χ1v) is 10.5. The Balaban J connectivity index is 1.76. The van der Waals surface area contributed by atoms with Crippen LogP contribution >= 0.6 is 0 Å². The topological polar surface area (TPSA) is 55.4 Å². The molecule has 0 spiro atoms. The van der Waals surface area contributed by atoms with Crippen molar-refractivity contribution in [3.05, 3.63) is 82.1 Å². The van der Waals surface area contributed by atoms with Crippen molar-refractivity contribution in [1.29, 1.82) is 0 Å². The summed E-state index contributed by atoms with van der Waals surface area (Å²) in [5, 5.41) is 3.52. The molecule has 0 unspecified atom stereocenters. The Hall–Kier alpha value is -3.14. The van der Waals surface area contributed by atoms with Gasteiger partial charge in [0.05, 0.1) is 12.3 Å². The molecule has 152 valence electrons. The Labute approximate surface area is 176 Å². The van der Waals surface area contributed by atoms with Crippen LogP contribution in [0, 0.1) is 5.41 Å². The van der Waals surface area contributed by atoms with Crippen LogP contribution in [-0.2, 0) is 4.79 Å². The van der Waals surface area contributed by atoms with Gasteiger partial charge >= 0.3 is 0 Å². The molecule has 1 N–H and O–H groups in total. The number of carbonyl (C=O) groups is 2. The van der Waals surface area contributed by atoms with E-state index in [4.69, 9.17) is 4.74 Å². The molecule has 2 aromatic rings. The molecule has 3 aliphatic rings. The van der Waals surface area contributed by atoms with E-state index < -0.39 is 5.92 Å². The quantitative estimate of drug-likeness (QED) is 0.787. The lowest BCUT2D eigenvalue weighted by atomic mass is 9.68. The van der Waals surface area contributed by atoms with Gasteiger partial charge in [0.1, 0.15) is 5.75 Å². The third-order valence-corrected chi connectivity index (χ3v) is 6.26. The second-order valence-corrected chi connectivity index (χ2v) is 9.03. The predicted molar refractivity (Wildman–Crippen MR) is 116 cm³/mol. The van der Waals surface area contributed by atoms with Gasteiger partial charge in [0.2, 0.25) is 0 Å². The first kappa shape index (κ1) is 18.9. The Morgan fingerprint density at radius 3 is 2.43 bits per heavy atom. The standard InChI is InChI=1S/C26H25NO3/c1-4-30-20-12-8-7-11-17(20)21-22-18(13-26(2,3)14-19(22)28)27-24-15-9-5-6-10-16(15)25(29)23(21)24/h5-12,21,27H,4,13-14H2,1-3H3/t21-/m1/s1. The number of hydrogen-bond donors (Lipinski definition) is 1. The van der Waals surface area contributed by atoms with E-state index in [0.717, 1.165) is 40.3 Å². The minimum atomic E-state index is -0.414. The van der Waals surface area contributed by atoms with E-state index in [-0.39, 0.29) is 17.0 Å². The molecule has 2 aliphatic carbocycles. The molecule has 0 fully saturated rings. The van der Waals surface area contributed by atoms with Crippen LogP contribution < -0.4 is 10.1 Å². The summed E-state index contributed by atoms with van der Waals surface area (Å²) in [6.45, 7) is 6.71. The molecule has 0 amide bonds. The predicted octanol–water partition coefficient (Wildman–Crippen LogP) is 5.02. The average molecular weight is 399 g/mol. The zero-order valence-corrected chi connectivity index (χ0v) is 17.5. The molecule has 0 aromatic heterocycles. The van der Waals surface area contributed by atoms with Crippen LogP contribution in [0.3, 0.4) is 0 Å². The molecule has 4 heteroatoms. The summed E-state index contributed by atoms with van der Waals surface area (Å²) >= 11 is 0. The smallest absolute Gasteiger partial charge is 0.192 e. The molecule has 0 bridgehead atoms. The van der Waals surface area contributed by atoms with Gasteiger partial charge in [-0.25, -0.2) is 0 Å². The van der Waals surface area contributed by atoms with Crippen LogP contribution in [0.15, 0.2) is 65.4 Å². The van der Waals surface area contributed by atoms with Crippen molar-refractivity contribution >= 4 is 17.3 Å². The lowest BCUT2D eigenvalue weighted by molar-refractivity contribution is -0.118. The van der Waals surface area contributed by atoms with E-state index in [9.17, 15) is 9.59 Å². The maximum atomic E-state index is 13.5. The number of benzene rings is 2. The second kappa shape index (κ2) is 6.69. The fourth-order valence-corrected chi connectivity index (χ4v) is 5.11. The van der Waals surface area contributed by atoms with Gasteiger partial charge in [0, 0.05) is 45.9 Å². The lowest BCUT2D eigenvalue weighted by Gasteiger charge is -2.39. The summed E-state index contributed by atoms with van der Waals surface area (Å²) in [6.07, 6.45) is 1.25. The van der Waals surface area contributed by atoms with E-state index in [2.05, 4.69) is 19.2 Å². The first-order valence-electron chi connectivity index (χ1n) is 10.5. The zero-order valence-electron chi connectivity index (χ0n) is 17.5. The summed E-state index contributed by atoms with van der Waals surface area (Å²) < 4.78 is 5.92. The number of hydrogen-bond acceptors (Lipinski definition) is 4. The fourth-order valence-electron chi connectivity index (χ4n) is 5.11. The maximum absolute atomic E-state index is 13.5. The second-order valence-electron chi connectivity index (χ2n) is 9.03. The molecule has 5 rings (SSSR count). The molecule has 1 atom stereocenters. The van der Waals surface area contributed by atoms with E-state index in [0.29, 0.717) is 24.2 Å². The minimum absolute atomic E-state index is 0.00594. The van der Waals surface area contributed by atoms with Crippen LogP contribution in [-0.4, -0.2) is 18.2 Å². The number of ketones is 2. The van der Waals surface area contributed by atoms with Crippen molar-refractivity contribution in [2.75, 3.05) is 6.61 Å². The Morgan fingerprint density at radius 1 is 0.967 bits per heavy atom. The summed E-state index contributed by atoms with van der Waals surface area (Å²) in [6, 6.07) is 15.5. The Bertz CT molecular complexity index is 1150. The number of dihydropyridines is 1. The highest BCUT2D eigenvalue weighted by atomic mass is 16.5. The number of para-hydroxylation sites is 1. The molecule has 1 aliphatic heterocycles. The van der Waals surface area contributed by atoms with Crippen molar-refractivity contribution in [3.63, 3.8) is 0 Å². The minimum Gasteiger partial charge on any atom is -0.494 e. The molecule has 2 aromatic carbocycles. The van der Waals surface area contributed by atoms with Gasteiger partial charge in [-0.05, 0) is 24.8 Å². The molecule has 0 radical (unpaired) electrons. The third kappa shape index (κ3) is 2.74. The van der Waals surface area contributed by atoms with Crippen molar-refractivity contribution in [1.82, 2.24) is 5.32 Å². The van der Waals surface area contributed by atoms with Crippen LogP contribution in [0.5, 0.6) is 5.75 Å². The van der Waals surface area contributed by atoms with E-state index >= 15 is 0 Å². The van der Waals surface area contributed by atoms with E-state index in [1.54, 1.807) is 0 Å². The van der Waals surface area contributed by atoms with Gasteiger partial charge in [0.25, 0.3) is 0 Å². The van der Waals surface area contributed by atoms with Crippen LogP contribution in [0.25, 0.3) is 5.70 Å². The number of fused-ring (bicyclic) bond motifs is 2. The highest BCUT2D eigenvalue weighted by Crippen LogP contribution is 2.52. The third-order valence-electron chi connectivity index (χ3n) is 6.26. The largest absolute Gasteiger partial charge is 0.494 e. The highest BCUT2D eigenvalue weighted by Gasteiger charge is 2.47. The number of nitrogens with one attached hydrogen (secondary N) is 1. The van der Waals surface area contributed by atoms with Gasteiger partial charge in [-0.1, -0.05) is 56.3 Å². The van der Waals surface area contributed by atoms with Gasteiger partial charge in [-0.3, -0.25) is 9.59 Å². The van der Waals surface area contributed by atoms with Gasteiger partial charge in [-0.2, -0.15) is 0 Å². The molecule has 30 heavy (non-hydrogen) atoms. The normalized spacial score (nSPS) is 21.8. The number of Topliss-reactive ketones (excluding diaryl/α,β-unsaturated/α-hetero) is 2. The molecule has 0 saturated heterocycles. The monoisotopic (exact) mass is 399 g/mol. The van der Waals surface area contributed by atoms with Crippen LogP contribution in [0.4, 0.5) is 0 Å². The number of ether oxygens (including phenoxy) is 1. The number of rotatable bonds is 3. The van der Waals surface area contributed by atoms with Crippen molar-refractivity contribution in [2.24, 2.45) is 5.41 Å². The number of carbonyl (C=O) groups excluding carboxylic acids is 2. The maximum Gasteiger partial charge on any atom is 0.192 e. The SMILES string of the molecule is CCOc1ccccc1[C@@H]1C2=C(CC(C)(C)CC2=O)NC2=C1C(=O)c1ccccc12. The van der Waals surface area contributed by atoms with E-state index in [1.165, 1.54) is 0 Å². The molecule has 0 saturated carbocycles. The van der Waals surface area contributed by atoms with Gasteiger partial charge in [-0.15, -0.1) is 0 Å². The molecule has 1 heterocycles. The van der Waals surface area contributed by atoms with Crippen molar-refractivity contribution < 1.29 is 14.3 Å². The molecular formula is C26H25NO3. The summed E-state index contributed by atoms with van der Waals surface area (Å²) in [5.74, 6) is 0.420. The average Bonchev–Trinajstić information content (AvgIpc) is 2.99. The van der Waals surface area contributed by atoms with Crippen molar-refractivity contribution in [2.45, 2.75) is 39.5 Å². The van der Waals surface area contributed by atoms with Crippen molar-refractivity contribution in [3.8, 4) is 5.75 Å². The number of allylic oxidation sites excluding steroid dienone is 3. The Morgan fingerprint density at radius 2 is 1.67 bits per heavy atom. The highest BCUT2D eigenvalue weighted by molar-refractivity contribution is 6.23. The van der Waals surface area contributed by atoms with E-state index in [1.807, 2.05) is 55.5 Å². The summed E-state index contributed by atoms with van der Waals surface area (Å²) in [4.78, 5) is 26.9. The summed E-state index contributed by atoms with van der Waals surface area (Å²) in [5.41, 5.74) is 5.55. The van der Waals surface area contributed by atoms with Gasteiger partial charge in [0.15, 0.2) is 11.6 Å². The Kier molecular flexibility index (Phi) is 4.21. The first-order chi connectivity index (χ1) is 14.4. The lowest BCUT2D eigenvalue weighted by Crippen LogP contribution is -2.37. The van der Waals surface area contributed by atoms with Crippen LogP contribution in [0.1, 0.15) is 61.0 Å². The molecule has 4 nitrogen and oxygen atoms in total.